The number of nitrogens with zero attached hydrogens (tertiary/aromatic N) is 4. The Morgan fingerprint density at radius 1 is 1.12 bits per heavy atom. The number of hydrogen-bond donors (Lipinski definition) is 1. The molecular weight excluding hydrogens is 226 g/mol. The van der Waals surface area contributed by atoms with Crippen LogP contribution in [0.4, 0.5) is 0 Å². The minimum absolute atomic E-state index is 0. The van der Waals surface area contributed by atoms with E-state index in [1.54, 1.807) is 6.92 Å². The van der Waals surface area contributed by atoms with Gasteiger partial charge in [-0.1, -0.05) is 18.2 Å². The van der Waals surface area contributed by atoms with Gasteiger partial charge < -0.3 is 5.73 Å². The second kappa shape index (κ2) is 5.48. The summed E-state index contributed by atoms with van der Waals surface area (Å²) in [5.41, 5.74) is 7.47. The lowest BCUT2D eigenvalue weighted by molar-refractivity contribution is 0.816. The zero-order valence-corrected chi connectivity index (χ0v) is 9.61. The molecule has 2 N–H and O–H groups in total. The van der Waals surface area contributed by atoms with Crippen LogP contribution in [0.25, 0.3) is 11.4 Å². The molecule has 84 valence electrons. The Hall–Kier alpha value is -1.59. The first kappa shape index (κ1) is 12.5. The topological polar surface area (TPSA) is 77.6 Å². The molecule has 1 aromatic carbocycles. The molecular formula is C10H12ClN5. The third kappa shape index (κ3) is 2.71. The zero-order valence-electron chi connectivity index (χ0n) is 8.79. The Kier molecular flexibility index (Phi) is 4.28. The van der Waals surface area contributed by atoms with Crippen LogP contribution in [0.5, 0.6) is 0 Å². The summed E-state index contributed by atoms with van der Waals surface area (Å²) in [6.45, 7) is 2.25. The molecule has 16 heavy (non-hydrogen) atoms. The molecule has 0 aliphatic carbocycles. The first-order chi connectivity index (χ1) is 7.29. The van der Waals surface area contributed by atoms with Crippen LogP contribution in [0.3, 0.4) is 0 Å². The van der Waals surface area contributed by atoms with Crippen LogP contribution in [-0.4, -0.2) is 20.4 Å². The molecule has 6 heteroatoms. The predicted molar refractivity (Wildman–Crippen MR) is 62.9 cm³/mol. The summed E-state index contributed by atoms with van der Waals surface area (Å²) in [6, 6.07) is 7.72. The van der Waals surface area contributed by atoms with Crippen LogP contribution in [0.15, 0.2) is 24.3 Å². The summed E-state index contributed by atoms with van der Waals surface area (Å²) in [5, 5.41) is 15.6. The van der Waals surface area contributed by atoms with Crippen molar-refractivity contribution in [2.24, 2.45) is 5.73 Å². The summed E-state index contributed by atoms with van der Waals surface area (Å²) >= 11 is 0. The maximum Gasteiger partial charge on any atom is 0.203 e. The molecule has 0 bridgehead atoms. The van der Waals surface area contributed by atoms with Crippen molar-refractivity contribution in [3.05, 3.63) is 35.7 Å². The smallest absolute Gasteiger partial charge is 0.203 e. The second-order valence-electron chi connectivity index (χ2n) is 3.18. The lowest BCUT2D eigenvalue weighted by Crippen LogP contribution is -2.00. The fourth-order valence-corrected chi connectivity index (χ4v) is 1.23. The molecule has 0 radical (unpaired) electrons. The van der Waals surface area contributed by atoms with Crippen molar-refractivity contribution < 1.29 is 0 Å². The predicted octanol–water partition coefficient (Wildman–Crippen LogP) is 1.12. The van der Waals surface area contributed by atoms with E-state index in [4.69, 9.17) is 5.73 Å². The van der Waals surface area contributed by atoms with Crippen LogP contribution in [-0.2, 0) is 6.54 Å². The van der Waals surface area contributed by atoms with Crippen molar-refractivity contribution in [1.29, 1.82) is 0 Å². The molecule has 0 saturated carbocycles. The van der Waals surface area contributed by atoms with Gasteiger partial charge in [-0.2, -0.15) is 0 Å². The SMILES string of the molecule is Cc1nnc(-c2cccc(CN)c2)nn1.Cl. The largest absolute Gasteiger partial charge is 0.326 e. The number of benzene rings is 1. The summed E-state index contributed by atoms with van der Waals surface area (Å²) in [5.74, 6) is 1.09. The van der Waals surface area contributed by atoms with E-state index in [0.29, 0.717) is 18.2 Å². The molecule has 2 rings (SSSR count). The maximum atomic E-state index is 5.55. The van der Waals surface area contributed by atoms with Crippen molar-refractivity contribution in [1.82, 2.24) is 20.4 Å². The average molecular weight is 238 g/mol. The number of aromatic nitrogens is 4. The number of nitrogens with two attached hydrogens (primary N) is 1. The molecule has 1 heterocycles. The van der Waals surface area contributed by atoms with E-state index in [9.17, 15) is 0 Å². The minimum Gasteiger partial charge on any atom is -0.326 e. The molecule has 0 fully saturated rings. The molecule has 0 saturated heterocycles. The van der Waals surface area contributed by atoms with Crippen LogP contribution in [0.1, 0.15) is 11.4 Å². The Bertz CT molecular complexity index is 457. The van der Waals surface area contributed by atoms with Gasteiger partial charge in [-0.3, -0.25) is 0 Å². The first-order valence-electron chi connectivity index (χ1n) is 4.63. The fraction of sp³-hybridized carbons (Fsp3) is 0.200. The first-order valence-corrected chi connectivity index (χ1v) is 4.63. The molecule has 0 aliphatic heterocycles. The number of aryl methyl sites for hydroxylation is 1. The highest BCUT2D eigenvalue weighted by Gasteiger charge is 2.02. The maximum absolute atomic E-state index is 5.55. The molecule has 5 nitrogen and oxygen atoms in total. The van der Waals surface area contributed by atoms with Gasteiger partial charge in [-0.25, -0.2) is 0 Å². The van der Waals surface area contributed by atoms with E-state index in [0.717, 1.165) is 11.1 Å². The van der Waals surface area contributed by atoms with Crippen molar-refractivity contribution in [3.63, 3.8) is 0 Å². The number of rotatable bonds is 2. The number of hydrogen-bond acceptors (Lipinski definition) is 5. The highest BCUT2D eigenvalue weighted by molar-refractivity contribution is 5.85. The van der Waals surface area contributed by atoms with Crippen LogP contribution in [0, 0.1) is 6.92 Å². The third-order valence-electron chi connectivity index (χ3n) is 2.00. The van der Waals surface area contributed by atoms with Crippen molar-refractivity contribution >= 4 is 12.4 Å². The van der Waals surface area contributed by atoms with Gasteiger partial charge >= 0.3 is 0 Å². The molecule has 0 spiro atoms. The lowest BCUT2D eigenvalue weighted by atomic mass is 10.1. The monoisotopic (exact) mass is 237 g/mol. The van der Waals surface area contributed by atoms with E-state index >= 15 is 0 Å². The molecule has 0 atom stereocenters. The quantitative estimate of drug-likeness (QED) is 0.847. The van der Waals surface area contributed by atoms with Crippen molar-refractivity contribution in [2.45, 2.75) is 13.5 Å². The van der Waals surface area contributed by atoms with E-state index in [-0.39, 0.29) is 12.4 Å². The minimum atomic E-state index is 0. The zero-order chi connectivity index (χ0) is 10.7. The van der Waals surface area contributed by atoms with Gasteiger partial charge in [0.05, 0.1) is 0 Å². The second-order valence-corrected chi connectivity index (χ2v) is 3.18. The van der Waals surface area contributed by atoms with E-state index in [1.807, 2.05) is 24.3 Å². The average Bonchev–Trinajstić information content (AvgIpc) is 2.30. The van der Waals surface area contributed by atoms with Crippen LogP contribution in [0.2, 0.25) is 0 Å². The summed E-state index contributed by atoms with van der Waals surface area (Å²) in [7, 11) is 0. The molecule has 0 aliphatic rings. The molecule has 0 unspecified atom stereocenters. The van der Waals surface area contributed by atoms with Gasteiger partial charge in [0, 0.05) is 12.1 Å². The van der Waals surface area contributed by atoms with Crippen LogP contribution >= 0.6 is 12.4 Å². The van der Waals surface area contributed by atoms with Gasteiger partial charge in [-0.05, 0) is 18.6 Å². The third-order valence-corrected chi connectivity index (χ3v) is 2.00. The summed E-state index contributed by atoms with van der Waals surface area (Å²) in [4.78, 5) is 0. The van der Waals surface area contributed by atoms with Gasteiger partial charge in [0.1, 0.15) is 0 Å². The summed E-state index contributed by atoms with van der Waals surface area (Å²) < 4.78 is 0. The molecule has 0 amide bonds. The van der Waals surface area contributed by atoms with Gasteiger partial charge in [0.25, 0.3) is 0 Å². The van der Waals surface area contributed by atoms with Gasteiger partial charge in [0.15, 0.2) is 5.82 Å². The van der Waals surface area contributed by atoms with Crippen LogP contribution < -0.4 is 5.73 Å². The van der Waals surface area contributed by atoms with Crippen molar-refractivity contribution in [3.8, 4) is 11.4 Å². The van der Waals surface area contributed by atoms with Gasteiger partial charge in [0.2, 0.25) is 5.82 Å². The Morgan fingerprint density at radius 2 is 1.81 bits per heavy atom. The highest BCUT2D eigenvalue weighted by atomic mass is 35.5. The Labute approximate surface area is 99.5 Å². The Balaban J connectivity index is 0.00000128. The summed E-state index contributed by atoms with van der Waals surface area (Å²) in [6.07, 6.45) is 0. The Morgan fingerprint density at radius 3 is 2.44 bits per heavy atom. The lowest BCUT2D eigenvalue weighted by Gasteiger charge is -2.00. The van der Waals surface area contributed by atoms with Gasteiger partial charge in [-0.15, -0.1) is 32.8 Å². The highest BCUT2D eigenvalue weighted by Crippen LogP contribution is 2.14. The van der Waals surface area contributed by atoms with E-state index in [2.05, 4.69) is 20.4 Å². The van der Waals surface area contributed by atoms with E-state index in [1.165, 1.54) is 0 Å². The number of halogens is 1. The molecule has 2 aromatic rings. The van der Waals surface area contributed by atoms with Crippen molar-refractivity contribution in [2.75, 3.05) is 0 Å². The van der Waals surface area contributed by atoms with E-state index < -0.39 is 0 Å². The standard InChI is InChI=1S/C10H11N5.ClH/c1-7-12-14-10(15-13-7)9-4-2-3-8(5-9)6-11;/h2-5H,6,11H2,1H3;1H. The fourth-order valence-electron chi connectivity index (χ4n) is 1.23. The molecule has 1 aromatic heterocycles. The normalized spacial score (nSPS) is 9.62.